The fraction of sp³-hybridized carbons (Fsp3) is 0.462. The minimum absolute atomic E-state index is 0.0293. The fourth-order valence-corrected chi connectivity index (χ4v) is 4.61. The van der Waals surface area contributed by atoms with E-state index in [9.17, 15) is 14.7 Å². The SMILES string of the molecule is NC(=O)CCCCCCNC(=O)N1CCC(C(O)(c2ccccc2)c2ccccc2)CC1. The number of carbonyl (C=O) groups is 2. The first kappa shape index (κ1) is 23.8. The molecule has 6 nitrogen and oxygen atoms in total. The average molecular weight is 438 g/mol. The van der Waals surface area contributed by atoms with Crippen LogP contribution >= 0.6 is 0 Å². The Labute approximate surface area is 190 Å². The number of hydrogen-bond donors (Lipinski definition) is 3. The van der Waals surface area contributed by atoms with Crippen LogP contribution in [0.5, 0.6) is 0 Å². The third-order valence-electron chi connectivity index (χ3n) is 6.43. The predicted molar refractivity (Wildman–Crippen MR) is 126 cm³/mol. The Morgan fingerprint density at radius 2 is 1.44 bits per heavy atom. The van der Waals surface area contributed by atoms with Crippen molar-refractivity contribution in [1.29, 1.82) is 0 Å². The van der Waals surface area contributed by atoms with Crippen LogP contribution in [0, 0.1) is 5.92 Å². The number of benzene rings is 2. The molecule has 3 rings (SSSR count). The van der Waals surface area contributed by atoms with E-state index in [2.05, 4.69) is 5.32 Å². The molecule has 0 aliphatic carbocycles. The number of amides is 3. The highest BCUT2D eigenvalue weighted by molar-refractivity contribution is 5.74. The molecule has 1 aliphatic rings. The smallest absolute Gasteiger partial charge is 0.317 e. The van der Waals surface area contributed by atoms with Gasteiger partial charge in [0.1, 0.15) is 5.60 Å². The van der Waals surface area contributed by atoms with Crippen molar-refractivity contribution in [3.8, 4) is 0 Å². The van der Waals surface area contributed by atoms with Gasteiger partial charge in [-0.15, -0.1) is 0 Å². The molecule has 0 aromatic heterocycles. The van der Waals surface area contributed by atoms with Crippen LogP contribution in [0.4, 0.5) is 4.79 Å². The first-order valence-electron chi connectivity index (χ1n) is 11.7. The van der Waals surface area contributed by atoms with Gasteiger partial charge in [-0.1, -0.05) is 73.5 Å². The van der Waals surface area contributed by atoms with Gasteiger partial charge in [-0.25, -0.2) is 4.79 Å². The maximum atomic E-state index is 12.6. The lowest BCUT2D eigenvalue weighted by Gasteiger charge is -2.42. The second kappa shape index (κ2) is 11.7. The maximum Gasteiger partial charge on any atom is 0.317 e. The minimum atomic E-state index is -1.07. The third-order valence-corrected chi connectivity index (χ3v) is 6.43. The number of piperidine rings is 1. The summed E-state index contributed by atoms with van der Waals surface area (Å²) in [4.78, 5) is 25.2. The van der Waals surface area contributed by atoms with Crippen LogP contribution in [-0.4, -0.2) is 41.6 Å². The number of aliphatic hydroxyl groups is 1. The van der Waals surface area contributed by atoms with Crippen LogP contribution in [-0.2, 0) is 10.4 Å². The molecule has 3 amide bonds. The second-order valence-electron chi connectivity index (χ2n) is 8.62. The molecule has 0 saturated carbocycles. The van der Waals surface area contributed by atoms with Crippen LogP contribution in [0.1, 0.15) is 56.1 Å². The highest BCUT2D eigenvalue weighted by Crippen LogP contribution is 2.41. The number of hydrogen-bond acceptors (Lipinski definition) is 3. The second-order valence-corrected chi connectivity index (χ2v) is 8.62. The zero-order valence-electron chi connectivity index (χ0n) is 18.7. The van der Waals surface area contributed by atoms with Gasteiger partial charge in [-0.05, 0) is 42.7 Å². The van der Waals surface area contributed by atoms with Crippen molar-refractivity contribution in [1.82, 2.24) is 10.2 Å². The van der Waals surface area contributed by atoms with Gasteiger partial charge in [-0.3, -0.25) is 4.79 Å². The Morgan fingerprint density at radius 1 is 0.906 bits per heavy atom. The van der Waals surface area contributed by atoms with Gasteiger partial charge < -0.3 is 21.1 Å². The summed E-state index contributed by atoms with van der Waals surface area (Å²) in [5.74, 6) is -0.227. The molecular weight excluding hydrogens is 402 g/mol. The molecule has 172 valence electrons. The van der Waals surface area contributed by atoms with Crippen LogP contribution in [0.25, 0.3) is 0 Å². The Kier molecular flexibility index (Phi) is 8.68. The van der Waals surface area contributed by atoms with Crippen molar-refractivity contribution in [2.75, 3.05) is 19.6 Å². The Morgan fingerprint density at radius 3 is 1.97 bits per heavy atom. The molecule has 0 radical (unpaired) electrons. The highest BCUT2D eigenvalue weighted by Gasteiger charge is 2.42. The maximum absolute atomic E-state index is 12.6. The van der Waals surface area contributed by atoms with Crippen molar-refractivity contribution < 1.29 is 14.7 Å². The van der Waals surface area contributed by atoms with Crippen LogP contribution in [0.15, 0.2) is 60.7 Å². The molecule has 0 bridgehead atoms. The number of unbranched alkanes of at least 4 members (excludes halogenated alkanes) is 3. The standard InChI is InChI=1S/C26H35N3O3/c27-24(30)15-9-1-2-10-18-28-25(31)29-19-16-23(17-20-29)26(32,21-11-5-3-6-12-21)22-13-7-4-8-14-22/h3-8,11-14,23,32H,1-2,9-10,15-20H2,(H2,27,30)(H,28,31). The van der Waals surface area contributed by atoms with E-state index in [0.717, 1.165) is 49.7 Å². The molecule has 0 atom stereocenters. The van der Waals surface area contributed by atoms with E-state index in [-0.39, 0.29) is 17.9 Å². The van der Waals surface area contributed by atoms with Crippen LogP contribution in [0.2, 0.25) is 0 Å². The van der Waals surface area contributed by atoms with E-state index in [0.29, 0.717) is 26.1 Å². The summed E-state index contributed by atoms with van der Waals surface area (Å²) in [5.41, 5.74) is 5.86. The molecule has 4 N–H and O–H groups in total. The number of rotatable bonds is 10. The number of likely N-dealkylation sites (tertiary alicyclic amines) is 1. The van der Waals surface area contributed by atoms with Crippen molar-refractivity contribution in [2.45, 2.75) is 50.5 Å². The van der Waals surface area contributed by atoms with Gasteiger partial charge >= 0.3 is 6.03 Å². The van der Waals surface area contributed by atoms with E-state index in [1.165, 1.54) is 0 Å². The number of nitrogens with two attached hydrogens (primary N) is 1. The Balaban J connectivity index is 1.52. The van der Waals surface area contributed by atoms with Gasteiger partial charge in [0.25, 0.3) is 0 Å². The Bertz CT molecular complexity index is 810. The molecule has 1 aliphatic heterocycles. The van der Waals surface area contributed by atoms with E-state index in [1.54, 1.807) is 0 Å². The van der Waals surface area contributed by atoms with Crippen molar-refractivity contribution >= 4 is 11.9 Å². The number of urea groups is 1. The van der Waals surface area contributed by atoms with Gasteiger partial charge in [0, 0.05) is 26.1 Å². The van der Waals surface area contributed by atoms with Crippen LogP contribution in [0.3, 0.4) is 0 Å². The summed E-state index contributed by atoms with van der Waals surface area (Å²) in [7, 11) is 0. The largest absolute Gasteiger partial charge is 0.380 e. The van der Waals surface area contributed by atoms with Crippen molar-refractivity contribution in [3.05, 3.63) is 71.8 Å². The molecule has 1 fully saturated rings. The first-order valence-corrected chi connectivity index (χ1v) is 11.7. The van der Waals surface area contributed by atoms with E-state index in [1.807, 2.05) is 65.6 Å². The molecule has 1 saturated heterocycles. The van der Waals surface area contributed by atoms with E-state index >= 15 is 0 Å². The molecule has 1 heterocycles. The molecule has 32 heavy (non-hydrogen) atoms. The van der Waals surface area contributed by atoms with Gasteiger partial charge in [0.05, 0.1) is 0 Å². The van der Waals surface area contributed by atoms with E-state index in [4.69, 9.17) is 5.73 Å². The summed E-state index contributed by atoms with van der Waals surface area (Å²) < 4.78 is 0. The normalized spacial score (nSPS) is 14.8. The highest BCUT2D eigenvalue weighted by atomic mass is 16.3. The molecule has 6 heteroatoms. The lowest BCUT2D eigenvalue weighted by molar-refractivity contribution is -0.118. The molecule has 2 aromatic rings. The monoisotopic (exact) mass is 437 g/mol. The molecular formula is C26H35N3O3. The van der Waals surface area contributed by atoms with Gasteiger partial charge in [-0.2, -0.15) is 0 Å². The van der Waals surface area contributed by atoms with Crippen molar-refractivity contribution in [2.24, 2.45) is 11.7 Å². The molecule has 0 unspecified atom stereocenters. The zero-order chi connectivity index (χ0) is 22.8. The fourth-order valence-electron chi connectivity index (χ4n) is 4.61. The van der Waals surface area contributed by atoms with Gasteiger partial charge in [0.2, 0.25) is 5.91 Å². The van der Waals surface area contributed by atoms with Gasteiger partial charge in [0.15, 0.2) is 0 Å². The summed E-state index contributed by atoms with van der Waals surface area (Å²) in [5, 5.41) is 14.9. The summed E-state index contributed by atoms with van der Waals surface area (Å²) in [6, 6.07) is 19.6. The topological polar surface area (TPSA) is 95.7 Å². The summed E-state index contributed by atoms with van der Waals surface area (Å²) in [6.07, 6.45) is 5.52. The molecule has 0 spiro atoms. The number of carbonyl (C=O) groups excluding carboxylic acids is 2. The predicted octanol–water partition coefficient (Wildman–Crippen LogP) is 3.78. The lowest BCUT2D eigenvalue weighted by Crippen LogP contribution is -2.49. The number of nitrogens with zero attached hydrogens (tertiary/aromatic N) is 1. The van der Waals surface area contributed by atoms with Crippen molar-refractivity contribution in [3.63, 3.8) is 0 Å². The quantitative estimate of drug-likeness (QED) is 0.494. The third kappa shape index (κ3) is 6.10. The lowest BCUT2D eigenvalue weighted by atomic mass is 9.72. The van der Waals surface area contributed by atoms with Crippen LogP contribution < -0.4 is 11.1 Å². The number of primary amides is 1. The summed E-state index contributed by atoms with van der Waals surface area (Å²) in [6.45, 7) is 1.88. The van der Waals surface area contributed by atoms with E-state index < -0.39 is 5.60 Å². The average Bonchev–Trinajstić information content (AvgIpc) is 2.84. The summed E-state index contributed by atoms with van der Waals surface area (Å²) >= 11 is 0. The minimum Gasteiger partial charge on any atom is -0.380 e. The Hall–Kier alpha value is -2.86. The first-order chi connectivity index (χ1) is 15.5. The molecule has 2 aromatic carbocycles. The zero-order valence-corrected chi connectivity index (χ0v) is 18.7. The number of nitrogens with one attached hydrogen (secondary N) is 1.